The van der Waals surface area contributed by atoms with Gasteiger partial charge in [-0.1, -0.05) is 23.7 Å². The molecule has 2 aromatic rings. The molecule has 0 aromatic heterocycles. The molecule has 0 saturated carbocycles. The summed E-state index contributed by atoms with van der Waals surface area (Å²) in [5, 5.41) is 11.6. The lowest BCUT2D eigenvalue weighted by atomic mass is 9.97. The fourth-order valence-corrected chi connectivity index (χ4v) is 3.64. The molecule has 0 bridgehead atoms. The number of aliphatic carboxylic acids is 1. The molecule has 0 unspecified atom stereocenters. The van der Waals surface area contributed by atoms with Crippen LogP contribution in [0.1, 0.15) is 18.0 Å². The van der Waals surface area contributed by atoms with E-state index in [-0.39, 0.29) is 28.7 Å². The van der Waals surface area contributed by atoms with Crippen molar-refractivity contribution in [1.82, 2.24) is 4.90 Å². The van der Waals surface area contributed by atoms with Crippen LogP contribution >= 0.6 is 27.5 Å². The summed E-state index contributed by atoms with van der Waals surface area (Å²) in [6, 6.07) is 7.23. The predicted molar refractivity (Wildman–Crippen MR) is 111 cm³/mol. The second-order valence-electron chi connectivity index (χ2n) is 6.34. The second kappa shape index (κ2) is 9.27. The highest BCUT2D eigenvalue weighted by Crippen LogP contribution is 2.36. The predicted octanol–water partition coefficient (Wildman–Crippen LogP) is 4.77. The molecule has 3 rings (SSSR count). The fraction of sp³-hybridized carbons (Fsp3) is 0.150. The third kappa shape index (κ3) is 5.17. The number of rotatable bonds is 5. The standard InChI is InChI=1S/C20H15BrClFN2O5/c21-14-8-15(22)18(30-10-19(27)28)9-16(14)24-20(29)25-6-5-13(26)7-17(25)11-1-3-12(23)4-2-11/h1-6,8-9,17H,7,10H2,(H,24,29)(H,27,28)/t17-/m0/s1. The third-order valence-electron chi connectivity index (χ3n) is 4.25. The minimum Gasteiger partial charge on any atom is -0.480 e. The Morgan fingerprint density at radius 3 is 2.67 bits per heavy atom. The highest BCUT2D eigenvalue weighted by molar-refractivity contribution is 9.10. The third-order valence-corrected chi connectivity index (χ3v) is 5.21. The molecule has 2 aromatic carbocycles. The lowest BCUT2D eigenvalue weighted by Crippen LogP contribution is -2.37. The van der Waals surface area contributed by atoms with Gasteiger partial charge in [-0.15, -0.1) is 0 Å². The molecule has 1 atom stereocenters. The minimum absolute atomic E-state index is 0.0459. The molecule has 30 heavy (non-hydrogen) atoms. The number of halogens is 3. The Bertz CT molecular complexity index is 1030. The number of benzene rings is 2. The van der Waals surface area contributed by atoms with Gasteiger partial charge in [-0.3, -0.25) is 9.69 Å². The van der Waals surface area contributed by atoms with E-state index >= 15 is 0 Å². The summed E-state index contributed by atoms with van der Waals surface area (Å²) in [6.45, 7) is -0.599. The summed E-state index contributed by atoms with van der Waals surface area (Å²) < 4.78 is 18.8. The zero-order valence-corrected chi connectivity index (χ0v) is 17.6. The van der Waals surface area contributed by atoms with Gasteiger partial charge in [0.2, 0.25) is 0 Å². The average Bonchev–Trinajstić information content (AvgIpc) is 2.69. The zero-order valence-electron chi connectivity index (χ0n) is 15.3. The summed E-state index contributed by atoms with van der Waals surface area (Å²) in [6.07, 6.45) is 2.70. The maximum Gasteiger partial charge on any atom is 0.341 e. The summed E-state index contributed by atoms with van der Waals surface area (Å²) in [5.41, 5.74) is 0.887. The van der Waals surface area contributed by atoms with Gasteiger partial charge in [0.15, 0.2) is 12.4 Å². The van der Waals surface area contributed by atoms with E-state index < -0.39 is 30.5 Å². The normalized spacial score (nSPS) is 15.8. The maximum atomic E-state index is 13.3. The summed E-state index contributed by atoms with van der Waals surface area (Å²) >= 11 is 9.34. The van der Waals surface area contributed by atoms with Gasteiger partial charge < -0.3 is 15.2 Å². The Hall–Kier alpha value is -2.91. The number of ether oxygens (including phenoxy) is 1. The van der Waals surface area contributed by atoms with Crippen LogP contribution in [0.15, 0.2) is 53.1 Å². The molecule has 2 amide bonds. The Kier molecular flexibility index (Phi) is 6.73. The van der Waals surface area contributed by atoms with Crippen molar-refractivity contribution in [2.45, 2.75) is 12.5 Å². The lowest BCUT2D eigenvalue weighted by molar-refractivity contribution is -0.139. The molecule has 7 nitrogen and oxygen atoms in total. The SMILES string of the molecule is O=C(O)COc1cc(NC(=O)N2C=CC(=O)C[C@H]2c2ccc(F)cc2)c(Br)cc1Cl. The molecule has 0 aliphatic carbocycles. The van der Waals surface area contributed by atoms with Crippen LogP contribution in [-0.4, -0.2) is 34.4 Å². The Balaban J connectivity index is 1.85. The van der Waals surface area contributed by atoms with E-state index in [2.05, 4.69) is 21.2 Å². The van der Waals surface area contributed by atoms with Crippen molar-refractivity contribution in [3.63, 3.8) is 0 Å². The Labute approximate surface area is 184 Å². The first-order chi connectivity index (χ1) is 14.2. The van der Waals surface area contributed by atoms with Gasteiger partial charge in [0.05, 0.1) is 16.8 Å². The number of hydrogen-bond donors (Lipinski definition) is 2. The molecule has 1 aliphatic heterocycles. The van der Waals surface area contributed by atoms with E-state index in [1.807, 2.05) is 0 Å². The van der Waals surface area contributed by atoms with Crippen LogP contribution in [0.25, 0.3) is 0 Å². The summed E-state index contributed by atoms with van der Waals surface area (Å²) in [4.78, 5) is 36.9. The van der Waals surface area contributed by atoms with Gasteiger partial charge in [-0.25, -0.2) is 14.0 Å². The van der Waals surface area contributed by atoms with Crippen molar-refractivity contribution in [2.75, 3.05) is 11.9 Å². The lowest BCUT2D eigenvalue weighted by Gasteiger charge is -2.31. The molecule has 0 radical (unpaired) electrons. The monoisotopic (exact) mass is 496 g/mol. The zero-order chi connectivity index (χ0) is 21.8. The number of allylic oxidation sites excluding steroid dienone is 1. The number of nitrogens with one attached hydrogen (secondary N) is 1. The molecule has 156 valence electrons. The van der Waals surface area contributed by atoms with Crippen LogP contribution < -0.4 is 10.1 Å². The van der Waals surface area contributed by atoms with E-state index in [0.29, 0.717) is 10.0 Å². The Morgan fingerprint density at radius 2 is 2.00 bits per heavy atom. The number of urea groups is 1. The Morgan fingerprint density at radius 1 is 1.30 bits per heavy atom. The molecule has 0 spiro atoms. The van der Waals surface area contributed by atoms with Gasteiger partial charge in [-0.2, -0.15) is 0 Å². The smallest absolute Gasteiger partial charge is 0.341 e. The van der Waals surface area contributed by atoms with E-state index in [1.165, 1.54) is 53.6 Å². The van der Waals surface area contributed by atoms with Gasteiger partial charge >= 0.3 is 12.0 Å². The molecule has 1 aliphatic rings. The van der Waals surface area contributed by atoms with Crippen molar-refractivity contribution in [3.05, 3.63) is 69.6 Å². The number of carboxylic acid groups (broad SMARTS) is 1. The van der Waals surface area contributed by atoms with Crippen LogP contribution in [0.5, 0.6) is 5.75 Å². The first kappa shape index (κ1) is 21.8. The van der Waals surface area contributed by atoms with Gasteiger partial charge in [-0.05, 0) is 45.8 Å². The number of nitrogens with zero attached hydrogens (tertiary/aromatic N) is 1. The maximum absolute atomic E-state index is 13.3. The second-order valence-corrected chi connectivity index (χ2v) is 7.60. The van der Waals surface area contributed by atoms with Crippen molar-refractivity contribution < 1.29 is 28.6 Å². The largest absolute Gasteiger partial charge is 0.480 e. The molecule has 10 heteroatoms. The quantitative estimate of drug-likeness (QED) is 0.621. The van der Waals surface area contributed by atoms with Crippen LogP contribution in [-0.2, 0) is 9.59 Å². The van der Waals surface area contributed by atoms with Crippen LogP contribution in [0.2, 0.25) is 5.02 Å². The van der Waals surface area contributed by atoms with Crippen molar-refractivity contribution in [2.24, 2.45) is 0 Å². The number of carbonyl (C=O) groups excluding carboxylic acids is 2. The van der Waals surface area contributed by atoms with E-state index in [0.717, 1.165) is 0 Å². The molecule has 0 fully saturated rings. The summed E-state index contributed by atoms with van der Waals surface area (Å²) in [5.74, 6) is -1.68. The number of anilines is 1. The van der Waals surface area contributed by atoms with Crippen LogP contribution in [0, 0.1) is 5.82 Å². The van der Waals surface area contributed by atoms with Crippen molar-refractivity contribution in [3.8, 4) is 5.75 Å². The van der Waals surface area contributed by atoms with Crippen molar-refractivity contribution >= 4 is 51.0 Å². The fourth-order valence-electron chi connectivity index (χ4n) is 2.85. The number of carboxylic acids is 1. The van der Waals surface area contributed by atoms with E-state index in [4.69, 9.17) is 21.4 Å². The van der Waals surface area contributed by atoms with E-state index in [9.17, 15) is 18.8 Å². The van der Waals surface area contributed by atoms with Crippen molar-refractivity contribution in [1.29, 1.82) is 0 Å². The first-order valence-electron chi connectivity index (χ1n) is 8.64. The highest BCUT2D eigenvalue weighted by atomic mass is 79.9. The number of ketones is 1. The number of carbonyl (C=O) groups is 3. The molecular formula is C20H15BrClFN2O5. The highest BCUT2D eigenvalue weighted by Gasteiger charge is 2.29. The summed E-state index contributed by atoms with van der Waals surface area (Å²) in [7, 11) is 0. The molecule has 1 heterocycles. The molecule has 0 saturated heterocycles. The molecule has 2 N–H and O–H groups in total. The average molecular weight is 498 g/mol. The number of amides is 2. The van der Waals surface area contributed by atoms with Gasteiger partial charge in [0, 0.05) is 23.2 Å². The van der Waals surface area contributed by atoms with Crippen LogP contribution in [0.3, 0.4) is 0 Å². The van der Waals surface area contributed by atoms with Gasteiger partial charge in [0.1, 0.15) is 11.6 Å². The molecular weight excluding hydrogens is 483 g/mol. The van der Waals surface area contributed by atoms with Crippen LogP contribution in [0.4, 0.5) is 14.9 Å². The van der Waals surface area contributed by atoms with E-state index in [1.54, 1.807) is 0 Å². The van der Waals surface area contributed by atoms with Gasteiger partial charge in [0.25, 0.3) is 0 Å². The number of hydrogen-bond acceptors (Lipinski definition) is 4. The first-order valence-corrected chi connectivity index (χ1v) is 9.81. The minimum atomic E-state index is -1.18. The topological polar surface area (TPSA) is 95.9 Å².